The van der Waals surface area contributed by atoms with E-state index in [4.69, 9.17) is 5.26 Å². The maximum atomic E-state index is 11.4. The molecule has 1 saturated heterocycles. The first-order chi connectivity index (χ1) is 6.20. The van der Waals surface area contributed by atoms with Gasteiger partial charge in [-0.15, -0.1) is 0 Å². The van der Waals surface area contributed by atoms with E-state index in [0.29, 0.717) is 6.42 Å². The molecule has 0 aromatic rings. The molecule has 70 valence electrons. The minimum atomic E-state index is -0.323. The summed E-state index contributed by atoms with van der Waals surface area (Å²) in [7, 11) is 0. The van der Waals surface area contributed by atoms with Crippen molar-refractivity contribution in [3.8, 4) is 6.07 Å². The standard InChI is InChI=1S/C8H11N3O2/c1-2-6-8(13)11(4-3-9)7(12)5-10-6/h6,10H,2,4-5H2,1H3. The fourth-order valence-electron chi connectivity index (χ4n) is 1.26. The van der Waals surface area contributed by atoms with Gasteiger partial charge in [0.15, 0.2) is 0 Å². The Hall–Kier alpha value is -1.41. The third kappa shape index (κ3) is 1.84. The van der Waals surface area contributed by atoms with Gasteiger partial charge in [-0.3, -0.25) is 19.8 Å². The van der Waals surface area contributed by atoms with Gasteiger partial charge in [-0.1, -0.05) is 6.92 Å². The molecular formula is C8H11N3O2. The highest BCUT2D eigenvalue weighted by molar-refractivity contribution is 6.01. The van der Waals surface area contributed by atoms with Crippen LogP contribution < -0.4 is 5.32 Å². The Bertz CT molecular complexity index is 269. The van der Waals surface area contributed by atoms with Crippen LogP contribution in [0.1, 0.15) is 13.3 Å². The summed E-state index contributed by atoms with van der Waals surface area (Å²) < 4.78 is 0. The summed E-state index contributed by atoms with van der Waals surface area (Å²) in [6.07, 6.45) is 0.633. The minimum Gasteiger partial charge on any atom is -0.297 e. The fraction of sp³-hybridized carbons (Fsp3) is 0.625. The zero-order chi connectivity index (χ0) is 9.84. The van der Waals surface area contributed by atoms with E-state index in [-0.39, 0.29) is 30.9 Å². The maximum Gasteiger partial charge on any atom is 0.247 e. The van der Waals surface area contributed by atoms with Crippen molar-refractivity contribution in [3.05, 3.63) is 0 Å². The molecule has 0 saturated carbocycles. The highest BCUT2D eigenvalue weighted by Crippen LogP contribution is 2.04. The molecule has 5 heteroatoms. The fourth-order valence-corrected chi connectivity index (χ4v) is 1.26. The molecule has 1 aliphatic rings. The van der Waals surface area contributed by atoms with Gasteiger partial charge in [-0.05, 0) is 6.42 Å². The first-order valence-corrected chi connectivity index (χ1v) is 4.15. The van der Waals surface area contributed by atoms with Gasteiger partial charge in [0.1, 0.15) is 6.54 Å². The molecule has 1 unspecified atom stereocenters. The second kappa shape index (κ2) is 4.01. The number of imide groups is 1. The summed E-state index contributed by atoms with van der Waals surface area (Å²) in [5, 5.41) is 11.2. The van der Waals surface area contributed by atoms with Gasteiger partial charge in [0.05, 0.1) is 18.7 Å². The van der Waals surface area contributed by atoms with Crippen LogP contribution in [-0.2, 0) is 9.59 Å². The molecule has 1 fully saturated rings. The predicted octanol–water partition coefficient (Wildman–Crippen LogP) is -0.753. The number of carbonyl (C=O) groups excluding carboxylic acids is 2. The second-order valence-electron chi connectivity index (χ2n) is 2.82. The topological polar surface area (TPSA) is 73.2 Å². The molecule has 13 heavy (non-hydrogen) atoms. The highest BCUT2D eigenvalue weighted by Gasteiger charge is 2.32. The van der Waals surface area contributed by atoms with E-state index in [2.05, 4.69) is 5.32 Å². The monoisotopic (exact) mass is 181 g/mol. The van der Waals surface area contributed by atoms with Crippen molar-refractivity contribution in [1.82, 2.24) is 10.2 Å². The van der Waals surface area contributed by atoms with Gasteiger partial charge in [-0.25, -0.2) is 0 Å². The summed E-state index contributed by atoms with van der Waals surface area (Å²) in [5.74, 6) is -0.614. The van der Waals surface area contributed by atoms with Crippen LogP contribution in [0.25, 0.3) is 0 Å². The number of carbonyl (C=O) groups is 2. The molecule has 0 aliphatic carbocycles. The number of piperazine rings is 1. The van der Waals surface area contributed by atoms with E-state index in [1.165, 1.54) is 0 Å². The Morgan fingerprint density at radius 3 is 2.92 bits per heavy atom. The zero-order valence-corrected chi connectivity index (χ0v) is 7.41. The van der Waals surface area contributed by atoms with Crippen molar-refractivity contribution >= 4 is 11.8 Å². The number of rotatable bonds is 2. The van der Waals surface area contributed by atoms with E-state index in [1.807, 2.05) is 6.92 Å². The lowest BCUT2D eigenvalue weighted by atomic mass is 10.1. The van der Waals surface area contributed by atoms with E-state index < -0.39 is 0 Å². The van der Waals surface area contributed by atoms with E-state index in [1.54, 1.807) is 6.07 Å². The first kappa shape index (κ1) is 9.68. The molecule has 2 amide bonds. The number of nitrogens with one attached hydrogen (secondary N) is 1. The Morgan fingerprint density at radius 1 is 1.69 bits per heavy atom. The van der Waals surface area contributed by atoms with Gasteiger partial charge >= 0.3 is 0 Å². The van der Waals surface area contributed by atoms with Gasteiger partial charge in [0, 0.05) is 0 Å². The van der Waals surface area contributed by atoms with Gasteiger partial charge in [0.25, 0.3) is 0 Å². The highest BCUT2D eigenvalue weighted by atomic mass is 16.2. The van der Waals surface area contributed by atoms with Crippen LogP contribution in [0.2, 0.25) is 0 Å². The predicted molar refractivity (Wildman–Crippen MR) is 44.4 cm³/mol. The SMILES string of the molecule is CCC1NCC(=O)N(CC#N)C1=O. The molecule has 1 atom stereocenters. The lowest BCUT2D eigenvalue weighted by Crippen LogP contribution is -2.57. The summed E-state index contributed by atoms with van der Waals surface area (Å²) in [4.78, 5) is 23.6. The maximum absolute atomic E-state index is 11.4. The molecule has 0 bridgehead atoms. The van der Waals surface area contributed by atoms with Crippen LogP contribution in [0.3, 0.4) is 0 Å². The quantitative estimate of drug-likeness (QED) is 0.449. The van der Waals surface area contributed by atoms with Gasteiger partial charge < -0.3 is 0 Å². The van der Waals surface area contributed by atoms with Crippen molar-refractivity contribution in [2.45, 2.75) is 19.4 Å². The number of amides is 2. The minimum absolute atomic E-state index is 0.143. The van der Waals surface area contributed by atoms with Crippen LogP contribution >= 0.6 is 0 Å². The van der Waals surface area contributed by atoms with Crippen molar-refractivity contribution in [2.75, 3.05) is 13.1 Å². The average Bonchev–Trinajstić information content (AvgIpc) is 2.12. The van der Waals surface area contributed by atoms with Crippen LogP contribution in [0, 0.1) is 11.3 Å². The normalized spacial score (nSPS) is 23.1. The largest absolute Gasteiger partial charge is 0.297 e. The van der Waals surface area contributed by atoms with Crippen molar-refractivity contribution in [3.63, 3.8) is 0 Å². The first-order valence-electron chi connectivity index (χ1n) is 4.15. The lowest BCUT2D eigenvalue weighted by molar-refractivity contribution is -0.148. The molecular weight excluding hydrogens is 170 g/mol. The Kier molecular flexibility index (Phi) is 2.98. The lowest BCUT2D eigenvalue weighted by Gasteiger charge is -2.29. The molecule has 1 aliphatic heterocycles. The summed E-state index contributed by atoms with van der Waals surface area (Å²) in [6.45, 7) is 1.86. The summed E-state index contributed by atoms with van der Waals surface area (Å²) in [6, 6.07) is 1.49. The number of nitrogens with zero attached hydrogens (tertiary/aromatic N) is 2. The Morgan fingerprint density at radius 2 is 2.38 bits per heavy atom. The second-order valence-corrected chi connectivity index (χ2v) is 2.82. The zero-order valence-electron chi connectivity index (χ0n) is 7.41. The van der Waals surface area contributed by atoms with Gasteiger partial charge in [0.2, 0.25) is 11.8 Å². The van der Waals surface area contributed by atoms with E-state index in [9.17, 15) is 9.59 Å². The summed E-state index contributed by atoms with van der Waals surface area (Å²) >= 11 is 0. The third-order valence-electron chi connectivity index (χ3n) is 2.00. The third-order valence-corrected chi connectivity index (χ3v) is 2.00. The summed E-state index contributed by atoms with van der Waals surface area (Å²) in [5.41, 5.74) is 0. The molecule has 5 nitrogen and oxygen atoms in total. The van der Waals surface area contributed by atoms with Gasteiger partial charge in [-0.2, -0.15) is 5.26 Å². The smallest absolute Gasteiger partial charge is 0.247 e. The Balaban J connectivity index is 2.73. The molecule has 1 rings (SSSR count). The van der Waals surface area contributed by atoms with E-state index >= 15 is 0 Å². The molecule has 1 heterocycles. The molecule has 0 radical (unpaired) electrons. The molecule has 0 aromatic carbocycles. The average molecular weight is 181 g/mol. The van der Waals surface area contributed by atoms with Crippen molar-refractivity contribution in [2.24, 2.45) is 0 Å². The van der Waals surface area contributed by atoms with E-state index in [0.717, 1.165) is 4.90 Å². The van der Waals surface area contributed by atoms with Crippen LogP contribution in [0.5, 0.6) is 0 Å². The number of hydrogen-bond donors (Lipinski definition) is 1. The van der Waals surface area contributed by atoms with Crippen molar-refractivity contribution < 1.29 is 9.59 Å². The van der Waals surface area contributed by atoms with Crippen LogP contribution in [0.15, 0.2) is 0 Å². The molecule has 1 N–H and O–H groups in total. The number of hydrogen-bond acceptors (Lipinski definition) is 4. The van der Waals surface area contributed by atoms with Crippen LogP contribution in [-0.4, -0.2) is 35.8 Å². The van der Waals surface area contributed by atoms with Crippen molar-refractivity contribution in [1.29, 1.82) is 5.26 Å². The number of nitriles is 1. The molecule has 0 aromatic heterocycles. The Labute approximate surface area is 76.3 Å². The van der Waals surface area contributed by atoms with Crippen LogP contribution in [0.4, 0.5) is 0 Å². The molecule has 0 spiro atoms.